The maximum absolute atomic E-state index is 13.2. The molecule has 0 saturated heterocycles. The van der Waals surface area contributed by atoms with E-state index in [0.29, 0.717) is 17.4 Å². The van der Waals surface area contributed by atoms with Crippen LogP contribution in [0.3, 0.4) is 0 Å². The van der Waals surface area contributed by atoms with Crippen molar-refractivity contribution in [1.82, 2.24) is 5.32 Å². The van der Waals surface area contributed by atoms with Crippen LogP contribution in [0.25, 0.3) is 0 Å². The van der Waals surface area contributed by atoms with Crippen molar-refractivity contribution in [2.45, 2.75) is 12.5 Å². The molecule has 3 nitrogen and oxygen atoms in total. The van der Waals surface area contributed by atoms with E-state index in [0.717, 1.165) is 17.7 Å². The molecule has 3 rings (SSSR count). The van der Waals surface area contributed by atoms with E-state index in [1.807, 2.05) is 24.3 Å². The summed E-state index contributed by atoms with van der Waals surface area (Å²) in [6.07, 6.45) is 0.822. The standard InChI is InChI=1S/C16H14ClFN2OS/c17-12-9-10(5-6-13(12)18)19-16(22)20-14-7-8-21-15-4-2-1-3-11(14)15/h1-6,9,14H,7-8H2,(H2,19,20,22)/t14-/m1/s1. The number of rotatable bonds is 2. The number of para-hydroxylation sites is 1. The van der Waals surface area contributed by atoms with Crippen LogP contribution < -0.4 is 15.4 Å². The number of halogens is 2. The van der Waals surface area contributed by atoms with E-state index in [1.54, 1.807) is 6.07 Å². The number of ether oxygens (including phenoxy) is 1. The molecule has 1 aliphatic rings. The zero-order valence-electron chi connectivity index (χ0n) is 11.6. The summed E-state index contributed by atoms with van der Waals surface area (Å²) in [6, 6.07) is 12.4. The Morgan fingerprint density at radius 1 is 1.27 bits per heavy atom. The van der Waals surface area contributed by atoms with Gasteiger partial charge in [0.05, 0.1) is 17.7 Å². The van der Waals surface area contributed by atoms with Gasteiger partial charge in [0.25, 0.3) is 0 Å². The Hall–Kier alpha value is -1.85. The molecule has 114 valence electrons. The maximum atomic E-state index is 13.2. The molecule has 0 radical (unpaired) electrons. The molecular formula is C16H14ClFN2OS. The first kappa shape index (κ1) is 15.1. The first-order valence-corrected chi connectivity index (χ1v) is 7.66. The highest BCUT2D eigenvalue weighted by molar-refractivity contribution is 7.80. The molecule has 2 aromatic carbocycles. The number of hydrogen-bond donors (Lipinski definition) is 2. The Balaban J connectivity index is 1.69. The van der Waals surface area contributed by atoms with Gasteiger partial charge >= 0.3 is 0 Å². The molecule has 1 atom stereocenters. The first-order chi connectivity index (χ1) is 10.6. The van der Waals surface area contributed by atoms with Crippen molar-refractivity contribution in [2.24, 2.45) is 0 Å². The fourth-order valence-corrected chi connectivity index (χ4v) is 2.83. The lowest BCUT2D eigenvalue weighted by atomic mass is 10.0. The minimum absolute atomic E-state index is 0.0595. The smallest absolute Gasteiger partial charge is 0.171 e. The van der Waals surface area contributed by atoms with Gasteiger partial charge in [0.15, 0.2) is 5.11 Å². The molecule has 0 fully saturated rings. The summed E-state index contributed by atoms with van der Waals surface area (Å²) in [5.41, 5.74) is 1.72. The number of nitrogens with one attached hydrogen (secondary N) is 2. The minimum atomic E-state index is -0.454. The molecule has 6 heteroatoms. The number of fused-ring (bicyclic) bond motifs is 1. The Morgan fingerprint density at radius 3 is 2.91 bits per heavy atom. The van der Waals surface area contributed by atoms with E-state index in [4.69, 9.17) is 28.6 Å². The SMILES string of the molecule is Fc1ccc(NC(=S)N[C@@H]2CCOc3ccccc32)cc1Cl. The minimum Gasteiger partial charge on any atom is -0.493 e. The average Bonchev–Trinajstić information content (AvgIpc) is 2.51. The van der Waals surface area contributed by atoms with Crippen LogP contribution in [0.5, 0.6) is 5.75 Å². The van der Waals surface area contributed by atoms with E-state index >= 15 is 0 Å². The molecule has 2 aromatic rings. The highest BCUT2D eigenvalue weighted by Crippen LogP contribution is 2.31. The summed E-state index contributed by atoms with van der Waals surface area (Å²) >= 11 is 11.1. The topological polar surface area (TPSA) is 33.3 Å². The largest absolute Gasteiger partial charge is 0.493 e. The van der Waals surface area contributed by atoms with Gasteiger partial charge in [0.1, 0.15) is 11.6 Å². The number of hydrogen-bond acceptors (Lipinski definition) is 2. The van der Waals surface area contributed by atoms with Gasteiger partial charge in [0, 0.05) is 17.7 Å². The summed E-state index contributed by atoms with van der Waals surface area (Å²) < 4.78 is 18.8. The van der Waals surface area contributed by atoms with Crippen molar-refractivity contribution < 1.29 is 9.13 Å². The van der Waals surface area contributed by atoms with E-state index in [2.05, 4.69) is 10.6 Å². The van der Waals surface area contributed by atoms with Crippen LogP contribution in [-0.2, 0) is 0 Å². The fourth-order valence-electron chi connectivity index (χ4n) is 2.39. The Bertz CT molecular complexity index is 710. The molecular weight excluding hydrogens is 323 g/mol. The van der Waals surface area contributed by atoms with Crippen LogP contribution >= 0.6 is 23.8 Å². The van der Waals surface area contributed by atoms with Crippen molar-refractivity contribution in [2.75, 3.05) is 11.9 Å². The van der Waals surface area contributed by atoms with E-state index < -0.39 is 5.82 Å². The number of thiocarbonyl (C=S) groups is 1. The third-order valence-electron chi connectivity index (χ3n) is 3.44. The van der Waals surface area contributed by atoms with Gasteiger partial charge in [-0.05, 0) is 36.5 Å². The van der Waals surface area contributed by atoms with E-state index in [-0.39, 0.29) is 11.1 Å². The van der Waals surface area contributed by atoms with Gasteiger partial charge < -0.3 is 15.4 Å². The summed E-state index contributed by atoms with van der Waals surface area (Å²) in [6.45, 7) is 0.639. The average molecular weight is 337 g/mol. The Labute approximate surface area is 138 Å². The van der Waals surface area contributed by atoms with Crippen LogP contribution in [0.1, 0.15) is 18.0 Å². The summed E-state index contributed by atoms with van der Waals surface area (Å²) in [7, 11) is 0. The van der Waals surface area contributed by atoms with Crippen molar-refractivity contribution in [1.29, 1.82) is 0 Å². The van der Waals surface area contributed by atoms with E-state index in [9.17, 15) is 4.39 Å². The number of benzene rings is 2. The molecule has 0 bridgehead atoms. The summed E-state index contributed by atoms with van der Waals surface area (Å²) in [4.78, 5) is 0. The lowest BCUT2D eigenvalue weighted by Crippen LogP contribution is -2.35. The molecule has 0 aliphatic carbocycles. The molecule has 22 heavy (non-hydrogen) atoms. The maximum Gasteiger partial charge on any atom is 0.171 e. The van der Waals surface area contributed by atoms with Crippen molar-refractivity contribution >= 4 is 34.6 Å². The van der Waals surface area contributed by atoms with Crippen LogP contribution in [0, 0.1) is 5.82 Å². The zero-order chi connectivity index (χ0) is 15.5. The van der Waals surface area contributed by atoms with Crippen LogP contribution in [0.2, 0.25) is 5.02 Å². The lowest BCUT2D eigenvalue weighted by Gasteiger charge is -2.27. The summed E-state index contributed by atoms with van der Waals surface area (Å²) in [5, 5.41) is 6.80. The molecule has 0 spiro atoms. The molecule has 0 amide bonds. The monoisotopic (exact) mass is 336 g/mol. The normalized spacial score (nSPS) is 16.4. The molecule has 1 aliphatic heterocycles. The first-order valence-electron chi connectivity index (χ1n) is 6.88. The second-order valence-corrected chi connectivity index (χ2v) is 5.77. The van der Waals surface area contributed by atoms with Gasteiger partial charge in [0.2, 0.25) is 0 Å². The second-order valence-electron chi connectivity index (χ2n) is 4.95. The lowest BCUT2D eigenvalue weighted by molar-refractivity contribution is 0.262. The van der Waals surface area contributed by atoms with Crippen LogP contribution in [0.4, 0.5) is 10.1 Å². The molecule has 0 saturated carbocycles. The van der Waals surface area contributed by atoms with Crippen LogP contribution in [-0.4, -0.2) is 11.7 Å². The highest BCUT2D eigenvalue weighted by Gasteiger charge is 2.21. The van der Waals surface area contributed by atoms with Gasteiger partial charge in [-0.2, -0.15) is 0 Å². The Kier molecular flexibility index (Phi) is 4.45. The van der Waals surface area contributed by atoms with Gasteiger partial charge in [-0.3, -0.25) is 0 Å². The van der Waals surface area contributed by atoms with Gasteiger partial charge in [-0.1, -0.05) is 29.8 Å². The predicted molar refractivity (Wildman–Crippen MR) is 90.1 cm³/mol. The Morgan fingerprint density at radius 2 is 2.09 bits per heavy atom. The van der Waals surface area contributed by atoms with Crippen LogP contribution in [0.15, 0.2) is 42.5 Å². The predicted octanol–water partition coefficient (Wildman–Crippen LogP) is 4.29. The quantitative estimate of drug-likeness (QED) is 0.802. The third-order valence-corrected chi connectivity index (χ3v) is 3.95. The van der Waals surface area contributed by atoms with Gasteiger partial charge in [-0.25, -0.2) is 4.39 Å². The van der Waals surface area contributed by atoms with E-state index in [1.165, 1.54) is 12.1 Å². The van der Waals surface area contributed by atoms with Crippen molar-refractivity contribution in [3.63, 3.8) is 0 Å². The molecule has 2 N–H and O–H groups in total. The zero-order valence-corrected chi connectivity index (χ0v) is 13.2. The summed E-state index contributed by atoms with van der Waals surface area (Å²) in [5.74, 6) is 0.420. The number of anilines is 1. The molecule has 1 heterocycles. The fraction of sp³-hybridized carbons (Fsp3) is 0.188. The second kappa shape index (κ2) is 6.50. The molecule has 0 aromatic heterocycles. The highest BCUT2D eigenvalue weighted by atomic mass is 35.5. The van der Waals surface area contributed by atoms with Crippen molar-refractivity contribution in [3.8, 4) is 5.75 Å². The van der Waals surface area contributed by atoms with Gasteiger partial charge in [-0.15, -0.1) is 0 Å². The van der Waals surface area contributed by atoms with Crippen molar-refractivity contribution in [3.05, 3.63) is 58.9 Å². The molecule has 0 unspecified atom stereocenters. The third kappa shape index (κ3) is 3.31.